The van der Waals surface area contributed by atoms with Crippen LogP contribution in [0.25, 0.3) is 0 Å². The van der Waals surface area contributed by atoms with Crippen molar-refractivity contribution in [3.63, 3.8) is 0 Å². The molecule has 0 aliphatic carbocycles. The van der Waals surface area contributed by atoms with Crippen molar-refractivity contribution < 1.29 is 13.2 Å². The summed E-state index contributed by atoms with van der Waals surface area (Å²) in [5.74, 6) is -0.274. The van der Waals surface area contributed by atoms with E-state index in [1.807, 2.05) is 36.4 Å². The van der Waals surface area contributed by atoms with Crippen LogP contribution >= 0.6 is 0 Å². The minimum Gasteiger partial charge on any atom is -0.322 e. The molecule has 0 aliphatic heterocycles. The number of carbonyl (C=O) groups excluding carboxylic acids is 1. The van der Waals surface area contributed by atoms with Gasteiger partial charge in [-0.05, 0) is 78.2 Å². The Labute approximate surface area is 187 Å². The molecule has 0 saturated heterocycles. The van der Waals surface area contributed by atoms with Gasteiger partial charge >= 0.3 is 0 Å². The summed E-state index contributed by atoms with van der Waals surface area (Å²) in [4.78, 5) is 16.7. The number of anilines is 2. The van der Waals surface area contributed by atoms with E-state index >= 15 is 0 Å². The smallest absolute Gasteiger partial charge is 0.261 e. The number of nitrogens with zero attached hydrogens (tertiary/aromatic N) is 1. The van der Waals surface area contributed by atoms with Gasteiger partial charge in [-0.1, -0.05) is 30.3 Å². The first-order valence-electron chi connectivity index (χ1n) is 9.97. The predicted octanol–water partition coefficient (Wildman–Crippen LogP) is 4.73. The highest BCUT2D eigenvalue weighted by Gasteiger charge is 2.14. The molecule has 1 heterocycles. The van der Waals surface area contributed by atoms with E-state index < -0.39 is 10.0 Å². The lowest BCUT2D eigenvalue weighted by atomic mass is 10.1. The Morgan fingerprint density at radius 2 is 1.31 bits per heavy atom. The Balaban J connectivity index is 1.37. The zero-order valence-electron chi connectivity index (χ0n) is 17.1. The van der Waals surface area contributed by atoms with E-state index in [0.29, 0.717) is 16.9 Å². The van der Waals surface area contributed by atoms with E-state index in [2.05, 4.69) is 15.0 Å². The topological polar surface area (TPSA) is 88.2 Å². The SMILES string of the molecule is O=C(Nc1ccc(Cc2ccncc2)cc1)c1ccc(NS(=O)(=O)c2ccccc2)cc1. The van der Waals surface area contributed by atoms with Crippen LogP contribution in [0.4, 0.5) is 11.4 Å². The lowest BCUT2D eigenvalue weighted by Gasteiger charge is -2.10. The molecule has 1 amide bonds. The monoisotopic (exact) mass is 443 g/mol. The summed E-state index contributed by atoms with van der Waals surface area (Å²) >= 11 is 0. The second-order valence-electron chi connectivity index (χ2n) is 7.18. The molecule has 6 nitrogen and oxygen atoms in total. The summed E-state index contributed by atoms with van der Waals surface area (Å²) < 4.78 is 27.3. The van der Waals surface area contributed by atoms with Gasteiger partial charge in [0, 0.05) is 29.3 Å². The average Bonchev–Trinajstić information content (AvgIpc) is 2.82. The maximum atomic E-state index is 12.6. The fourth-order valence-electron chi connectivity index (χ4n) is 3.15. The van der Waals surface area contributed by atoms with E-state index in [4.69, 9.17) is 0 Å². The molecule has 0 unspecified atom stereocenters. The molecular weight excluding hydrogens is 422 g/mol. The zero-order valence-corrected chi connectivity index (χ0v) is 17.9. The van der Waals surface area contributed by atoms with E-state index in [-0.39, 0.29) is 10.8 Å². The number of hydrogen-bond donors (Lipinski definition) is 2. The molecule has 0 radical (unpaired) electrons. The minimum absolute atomic E-state index is 0.175. The van der Waals surface area contributed by atoms with Gasteiger partial charge in [0.05, 0.1) is 4.90 Å². The van der Waals surface area contributed by atoms with Gasteiger partial charge in [0.2, 0.25) is 0 Å². The molecule has 160 valence electrons. The van der Waals surface area contributed by atoms with Crippen LogP contribution in [-0.4, -0.2) is 19.3 Å². The standard InChI is InChI=1S/C25H21N3O3S/c29-25(27-22-10-6-19(7-11-22)18-20-14-16-26-17-15-20)21-8-12-23(13-9-21)28-32(30,31)24-4-2-1-3-5-24/h1-17,28H,18H2,(H,27,29). The van der Waals surface area contributed by atoms with Crippen molar-refractivity contribution in [3.8, 4) is 0 Å². The first kappa shape index (κ1) is 21.3. The van der Waals surface area contributed by atoms with Gasteiger partial charge in [0.1, 0.15) is 0 Å². The van der Waals surface area contributed by atoms with Gasteiger partial charge in [-0.25, -0.2) is 8.42 Å². The number of sulfonamides is 1. The van der Waals surface area contributed by atoms with Crippen molar-refractivity contribution in [3.05, 3.63) is 120 Å². The molecule has 32 heavy (non-hydrogen) atoms. The molecule has 0 saturated carbocycles. The lowest BCUT2D eigenvalue weighted by Crippen LogP contribution is -2.14. The second-order valence-corrected chi connectivity index (χ2v) is 8.86. The third kappa shape index (κ3) is 5.39. The van der Waals surface area contributed by atoms with Crippen LogP contribution in [0, 0.1) is 0 Å². The molecular formula is C25H21N3O3S. The molecule has 0 spiro atoms. The van der Waals surface area contributed by atoms with E-state index in [9.17, 15) is 13.2 Å². The number of nitrogens with one attached hydrogen (secondary N) is 2. The Morgan fingerprint density at radius 3 is 1.97 bits per heavy atom. The summed E-state index contributed by atoms with van der Waals surface area (Å²) in [5, 5.41) is 2.86. The van der Waals surface area contributed by atoms with Gasteiger partial charge in [0.15, 0.2) is 0 Å². The number of pyridine rings is 1. The molecule has 7 heteroatoms. The number of amides is 1. The van der Waals surface area contributed by atoms with E-state index in [1.54, 1.807) is 54.9 Å². The molecule has 0 bridgehead atoms. The molecule has 0 aliphatic rings. The largest absolute Gasteiger partial charge is 0.322 e. The number of carbonyl (C=O) groups is 1. The van der Waals surface area contributed by atoms with Gasteiger partial charge in [-0.2, -0.15) is 0 Å². The van der Waals surface area contributed by atoms with Gasteiger partial charge in [-0.3, -0.25) is 14.5 Å². The van der Waals surface area contributed by atoms with Crippen LogP contribution in [0.1, 0.15) is 21.5 Å². The molecule has 0 fully saturated rings. The molecule has 2 N–H and O–H groups in total. The number of aromatic nitrogens is 1. The fourth-order valence-corrected chi connectivity index (χ4v) is 4.23. The van der Waals surface area contributed by atoms with E-state index in [0.717, 1.165) is 12.0 Å². The third-order valence-electron chi connectivity index (χ3n) is 4.82. The normalized spacial score (nSPS) is 11.0. The second kappa shape index (κ2) is 9.45. The molecule has 4 aromatic rings. The number of rotatable bonds is 7. The Morgan fingerprint density at radius 1 is 0.719 bits per heavy atom. The van der Waals surface area contributed by atoms with Crippen molar-refractivity contribution in [2.45, 2.75) is 11.3 Å². The summed E-state index contributed by atoms with van der Waals surface area (Å²) in [5.41, 5.74) is 3.78. The predicted molar refractivity (Wildman–Crippen MR) is 125 cm³/mol. The van der Waals surface area contributed by atoms with Crippen LogP contribution in [0.3, 0.4) is 0 Å². The fraction of sp³-hybridized carbons (Fsp3) is 0.0400. The van der Waals surface area contributed by atoms with Crippen molar-refractivity contribution in [2.75, 3.05) is 10.0 Å². The minimum atomic E-state index is -3.68. The van der Waals surface area contributed by atoms with Crippen molar-refractivity contribution in [1.82, 2.24) is 4.98 Å². The van der Waals surface area contributed by atoms with Gasteiger partial charge < -0.3 is 5.32 Å². The van der Waals surface area contributed by atoms with Crippen molar-refractivity contribution in [2.24, 2.45) is 0 Å². The van der Waals surface area contributed by atoms with Crippen LogP contribution in [0.2, 0.25) is 0 Å². The average molecular weight is 444 g/mol. The Hall–Kier alpha value is -3.97. The number of benzene rings is 3. The number of hydrogen-bond acceptors (Lipinski definition) is 4. The molecule has 4 rings (SSSR count). The molecule has 3 aromatic carbocycles. The summed E-state index contributed by atoms with van der Waals surface area (Å²) in [6, 6.07) is 26.0. The Bertz CT molecular complexity index is 1290. The van der Waals surface area contributed by atoms with Crippen LogP contribution in [0.15, 0.2) is 108 Å². The Kier molecular flexibility index (Phi) is 6.28. The summed E-state index contributed by atoms with van der Waals surface area (Å²) in [7, 11) is -3.68. The van der Waals surface area contributed by atoms with Crippen LogP contribution in [0.5, 0.6) is 0 Å². The quantitative estimate of drug-likeness (QED) is 0.432. The first-order chi connectivity index (χ1) is 15.5. The molecule has 0 atom stereocenters. The molecule has 1 aromatic heterocycles. The van der Waals surface area contributed by atoms with Gasteiger partial charge in [0.25, 0.3) is 15.9 Å². The lowest BCUT2D eigenvalue weighted by molar-refractivity contribution is 0.102. The summed E-state index contributed by atoms with van der Waals surface area (Å²) in [6.45, 7) is 0. The summed E-state index contributed by atoms with van der Waals surface area (Å²) in [6.07, 6.45) is 4.32. The highest BCUT2D eigenvalue weighted by atomic mass is 32.2. The third-order valence-corrected chi connectivity index (χ3v) is 6.22. The maximum Gasteiger partial charge on any atom is 0.261 e. The zero-order chi connectivity index (χ0) is 22.4. The van der Waals surface area contributed by atoms with E-state index in [1.165, 1.54) is 17.7 Å². The highest BCUT2D eigenvalue weighted by molar-refractivity contribution is 7.92. The van der Waals surface area contributed by atoms with Crippen LogP contribution in [-0.2, 0) is 16.4 Å². The van der Waals surface area contributed by atoms with Gasteiger partial charge in [-0.15, -0.1) is 0 Å². The van der Waals surface area contributed by atoms with Crippen molar-refractivity contribution >= 4 is 27.3 Å². The highest BCUT2D eigenvalue weighted by Crippen LogP contribution is 2.18. The maximum absolute atomic E-state index is 12.6. The van der Waals surface area contributed by atoms with Crippen molar-refractivity contribution in [1.29, 1.82) is 0 Å². The first-order valence-corrected chi connectivity index (χ1v) is 11.4. The van der Waals surface area contributed by atoms with Crippen LogP contribution < -0.4 is 10.0 Å².